The van der Waals surface area contributed by atoms with Crippen LogP contribution in [0.25, 0.3) is 11.0 Å². The minimum absolute atomic E-state index is 0.0117. The number of rotatable bonds is 3. The van der Waals surface area contributed by atoms with E-state index in [9.17, 15) is 4.79 Å². The highest BCUT2D eigenvalue weighted by molar-refractivity contribution is 5.75. The Bertz CT molecular complexity index is 944. The van der Waals surface area contributed by atoms with Gasteiger partial charge in [-0.15, -0.1) is 0 Å². The molecule has 6 nitrogen and oxygen atoms in total. The number of aromatic nitrogens is 4. The maximum Gasteiger partial charge on any atom is 0.267 e. The zero-order valence-electron chi connectivity index (χ0n) is 14.2. The summed E-state index contributed by atoms with van der Waals surface area (Å²) in [5.74, 6) is 0.813. The van der Waals surface area contributed by atoms with Crippen molar-refractivity contribution in [2.45, 2.75) is 44.7 Å². The molecule has 1 aromatic carbocycles. The molecule has 1 N–H and O–H groups in total. The minimum atomic E-state index is -0.0117. The zero-order valence-corrected chi connectivity index (χ0v) is 14.2. The van der Waals surface area contributed by atoms with Gasteiger partial charge in [0.15, 0.2) is 0 Å². The first-order valence-corrected chi connectivity index (χ1v) is 8.74. The first-order chi connectivity index (χ1) is 12.2. The predicted octanol–water partition coefficient (Wildman–Crippen LogP) is 3.09. The van der Waals surface area contributed by atoms with Crippen LogP contribution in [0.5, 0.6) is 0 Å². The molecule has 0 saturated heterocycles. The SMILES string of the molecule is Cc1ccc(=O)n(C2CCC(Nc3cnc4ccccc4n3)CC2)n1. The lowest BCUT2D eigenvalue weighted by Crippen LogP contribution is -2.33. The molecule has 1 aliphatic rings. The van der Waals surface area contributed by atoms with Crippen LogP contribution in [0, 0.1) is 6.92 Å². The predicted molar refractivity (Wildman–Crippen MR) is 97.7 cm³/mol. The fourth-order valence-corrected chi connectivity index (χ4v) is 3.48. The lowest BCUT2D eigenvalue weighted by atomic mass is 9.91. The first kappa shape index (κ1) is 15.7. The van der Waals surface area contributed by atoms with Crippen molar-refractivity contribution in [1.29, 1.82) is 0 Å². The van der Waals surface area contributed by atoms with Crippen molar-refractivity contribution in [1.82, 2.24) is 19.7 Å². The topological polar surface area (TPSA) is 72.7 Å². The summed E-state index contributed by atoms with van der Waals surface area (Å²) in [6.07, 6.45) is 5.65. The summed E-state index contributed by atoms with van der Waals surface area (Å²) in [5, 5.41) is 7.89. The molecule has 6 heteroatoms. The van der Waals surface area contributed by atoms with Crippen LogP contribution in [0.4, 0.5) is 5.82 Å². The van der Waals surface area contributed by atoms with Crippen LogP contribution in [0.1, 0.15) is 37.4 Å². The molecule has 2 heterocycles. The monoisotopic (exact) mass is 335 g/mol. The van der Waals surface area contributed by atoms with Crippen LogP contribution in [-0.2, 0) is 0 Å². The van der Waals surface area contributed by atoms with Crippen molar-refractivity contribution >= 4 is 16.9 Å². The first-order valence-electron chi connectivity index (χ1n) is 8.74. The van der Waals surface area contributed by atoms with E-state index in [-0.39, 0.29) is 11.6 Å². The highest BCUT2D eigenvalue weighted by atomic mass is 16.1. The average molecular weight is 335 g/mol. The van der Waals surface area contributed by atoms with Gasteiger partial charge in [-0.25, -0.2) is 9.67 Å². The highest BCUT2D eigenvalue weighted by Gasteiger charge is 2.24. The fraction of sp³-hybridized carbons (Fsp3) is 0.368. The van der Waals surface area contributed by atoms with Crippen LogP contribution in [0.3, 0.4) is 0 Å². The summed E-state index contributed by atoms with van der Waals surface area (Å²) in [6, 6.07) is 11.8. The van der Waals surface area contributed by atoms with E-state index in [4.69, 9.17) is 0 Å². The Labute approximate surface area is 145 Å². The molecular weight excluding hydrogens is 314 g/mol. The van der Waals surface area contributed by atoms with Gasteiger partial charge in [-0.1, -0.05) is 12.1 Å². The average Bonchev–Trinajstić information content (AvgIpc) is 2.64. The number of nitrogens with one attached hydrogen (secondary N) is 1. The number of benzene rings is 1. The minimum Gasteiger partial charge on any atom is -0.366 e. The van der Waals surface area contributed by atoms with Gasteiger partial charge < -0.3 is 5.32 Å². The second kappa shape index (κ2) is 6.63. The second-order valence-electron chi connectivity index (χ2n) is 6.65. The van der Waals surface area contributed by atoms with Crippen molar-refractivity contribution < 1.29 is 0 Å². The van der Waals surface area contributed by atoms with Gasteiger partial charge in [0.1, 0.15) is 5.82 Å². The third-order valence-electron chi connectivity index (χ3n) is 4.80. The zero-order chi connectivity index (χ0) is 17.2. The number of hydrogen-bond acceptors (Lipinski definition) is 5. The Morgan fingerprint density at radius 2 is 1.80 bits per heavy atom. The largest absolute Gasteiger partial charge is 0.366 e. The maximum atomic E-state index is 12.0. The Kier molecular flexibility index (Phi) is 4.17. The molecular formula is C19H21N5O. The molecule has 1 fully saturated rings. The molecule has 1 aliphatic carbocycles. The van der Waals surface area contributed by atoms with Crippen LogP contribution < -0.4 is 10.9 Å². The molecule has 1 saturated carbocycles. The Morgan fingerprint density at radius 1 is 1.04 bits per heavy atom. The van der Waals surface area contributed by atoms with Gasteiger partial charge in [-0.3, -0.25) is 9.78 Å². The van der Waals surface area contributed by atoms with E-state index in [1.54, 1.807) is 23.0 Å². The molecule has 4 rings (SSSR count). The van der Waals surface area contributed by atoms with Gasteiger partial charge in [0, 0.05) is 12.1 Å². The summed E-state index contributed by atoms with van der Waals surface area (Å²) in [6.45, 7) is 1.92. The van der Waals surface area contributed by atoms with Crippen LogP contribution in [0.15, 0.2) is 47.4 Å². The Balaban J connectivity index is 1.43. The number of hydrogen-bond donors (Lipinski definition) is 1. The Morgan fingerprint density at radius 3 is 2.60 bits per heavy atom. The Hall–Kier alpha value is -2.76. The number of fused-ring (bicyclic) bond motifs is 1. The summed E-state index contributed by atoms with van der Waals surface area (Å²) in [5.41, 5.74) is 2.67. The quantitative estimate of drug-likeness (QED) is 0.796. The molecule has 3 aromatic rings. The number of para-hydroxylation sites is 2. The van der Waals surface area contributed by atoms with E-state index in [0.717, 1.165) is 48.2 Å². The molecule has 0 atom stereocenters. The van der Waals surface area contributed by atoms with Crippen LogP contribution in [-0.4, -0.2) is 25.8 Å². The number of aryl methyl sites for hydroxylation is 1. The molecule has 2 aromatic heterocycles. The van der Waals surface area contributed by atoms with Gasteiger partial charge in [0.25, 0.3) is 5.56 Å². The lowest BCUT2D eigenvalue weighted by molar-refractivity contribution is 0.302. The van der Waals surface area contributed by atoms with E-state index in [2.05, 4.69) is 20.4 Å². The van der Waals surface area contributed by atoms with Gasteiger partial charge in [0.05, 0.1) is 29.0 Å². The summed E-state index contributed by atoms with van der Waals surface area (Å²) in [4.78, 5) is 21.1. The normalized spacial score (nSPS) is 20.5. The number of nitrogens with zero attached hydrogens (tertiary/aromatic N) is 4. The van der Waals surface area contributed by atoms with Crippen molar-refractivity contribution in [3.63, 3.8) is 0 Å². The smallest absolute Gasteiger partial charge is 0.267 e. The van der Waals surface area contributed by atoms with E-state index in [1.807, 2.05) is 31.2 Å². The van der Waals surface area contributed by atoms with Crippen LogP contribution >= 0.6 is 0 Å². The maximum absolute atomic E-state index is 12.0. The molecule has 128 valence electrons. The summed E-state index contributed by atoms with van der Waals surface area (Å²) >= 11 is 0. The molecule has 0 aliphatic heterocycles. The summed E-state index contributed by atoms with van der Waals surface area (Å²) < 4.78 is 1.65. The molecule has 0 spiro atoms. The number of anilines is 1. The third kappa shape index (κ3) is 3.38. The van der Waals surface area contributed by atoms with Gasteiger partial charge in [0.2, 0.25) is 0 Å². The standard InChI is InChI=1S/C19H21N5O/c1-13-6-11-19(25)24(23-13)15-9-7-14(8-10-15)21-18-12-20-16-4-2-3-5-17(16)22-18/h2-6,11-12,14-15H,7-10H2,1H3,(H,21,22). The van der Waals surface area contributed by atoms with Crippen molar-refractivity contribution in [2.24, 2.45) is 0 Å². The van der Waals surface area contributed by atoms with E-state index in [1.165, 1.54) is 0 Å². The molecule has 0 amide bonds. The van der Waals surface area contributed by atoms with Gasteiger partial charge in [-0.2, -0.15) is 5.10 Å². The highest BCUT2D eigenvalue weighted by Crippen LogP contribution is 2.28. The van der Waals surface area contributed by atoms with E-state index in [0.29, 0.717) is 6.04 Å². The van der Waals surface area contributed by atoms with Crippen molar-refractivity contribution in [3.05, 3.63) is 58.6 Å². The molecule has 25 heavy (non-hydrogen) atoms. The fourth-order valence-electron chi connectivity index (χ4n) is 3.48. The third-order valence-corrected chi connectivity index (χ3v) is 4.80. The van der Waals surface area contributed by atoms with Gasteiger partial charge >= 0.3 is 0 Å². The van der Waals surface area contributed by atoms with Crippen LogP contribution in [0.2, 0.25) is 0 Å². The molecule has 0 radical (unpaired) electrons. The molecule has 0 unspecified atom stereocenters. The van der Waals surface area contributed by atoms with E-state index < -0.39 is 0 Å². The van der Waals surface area contributed by atoms with E-state index >= 15 is 0 Å². The van der Waals surface area contributed by atoms with Gasteiger partial charge in [-0.05, 0) is 50.8 Å². The molecule has 0 bridgehead atoms. The van der Waals surface area contributed by atoms with Crippen molar-refractivity contribution in [3.8, 4) is 0 Å². The van der Waals surface area contributed by atoms with Crippen molar-refractivity contribution in [2.75, 3.05) is 5.32 Å². The second-order valence-corrected chi connectivity index (χ2v) is 6.65. The summed E-state index contributed by atoms with van der Waals surface area (Å²) in [7, 11) is 0. The lowest BCUT2D eigenvalue weighted by Gasteiger charge is -2.29.